The normalized spacial score (nSPS) is 14.6. The molecular weight excluding hydrogens is 442 g/mol. The van der Waals surface area contributed by atoms with Crippen molar-refractivity contribution in [3.05, 3.63) is 69.1 Å². The molecule has 7 nitrogen and oxygen atoms in total. The topological polar surface area (TPSA) is 103 Å². The highest BCUT2D eigenvalue weighted by atomic mass is 32.2. The van der Waals surface area contributed by atoms with E-state index >= 15 is 0 Å². The lowest BCUT2D eigenvalue weighted by molar-refractivity contribution is -0.136. The van der Waals surface area contributed by atoms with E-state index in [9.17, 15) is 18.0 Å². The van der Waals surface area contributed by atoms with Crippen LogP contribution in [0.3, 0.4) is 0 Å². The third-order valence-corrected chi connectivity index (χ3v) is 7.45. The number of rotatable bonds is 6. The third-order valence-electron chi connectivity index (χ3n) is 5.96. The van der Waals surface area contributed by atoms with Crippen LogP contribution in [-0.2, 0) is 27.7 Å². The van der Waals surface area contributed by atoms with Gasteiger partial charge in [-0.25, -0.2) is 18.0 Å². The van der Waals surface area contributed by atoms with Gasteiger partial charge in [0.1, 0.15) is 17.4 Å². The molecule has 174 valence electrons. The fraction of sp³-hybridized carbons (Fsp3) is 0.360. The van der Waals surface area contributed by atoms with E-state index in [0.717, 1.165) is 29.5 Å². The van der Waals surface area contributed by atoms with E-state index in [0.29, 0.717) is 29.4 Å². The monoisotopic (exact) mass is 469 g/mol. The molecule has 1 aliphatic carbocycles. The Bertz CT molecular complexity index is 1370. The van der Waals surface area contributed by atoms with Crippen molar-refractivity contribution in [3.63, 3.8) is 0 Å². The fourth-order valence-electron chi connectivity index (χ4n) is 4.20. The van der Waals surface area contributed by atoms with E-state index in [-0.39, 0.29) is 22.7 Å². The number of benzene rings is 2. The summed E-state index contributed by atoms with van der Waals surface area (Å²) in [5.74, 6) is -0.430. The van der Waals surface area contributed by atoms with Crippen LogP contribution in [0.15, 0.2) is 50.5 Å². The predicted molar refractivity (Wildman–Crippen MR) is 125 cm³/mol. The molecule has 0 saturated carbocycles. The quantitative estimate of drug-likeness (QED) is 0.333. The predicted octanol–water partition coefficient (Wildman–Crippen LogP) is 3.95. The molecule has 4 rings (SSSR count). The molecule has 33 heavy (non-hydrogen) atoms. The lowest BCUT2D eigenvalue weighted by atomic mass is 9.90. The SMILES string of the molecule is CCC(NS(=O)(=O)c1ccc(C)cc1)C(=O)Oc1cc(C)cc2oc(=O)c3c(c12)CCCC3. The molecule has 0 saturated heterocycles. The molecule has 1 heterocycles. The summed E-state index contributed by atoms with van der Waals surface area (Å²) in [6, 6.07) is 8.79. The van der Waals surface area contributed by atoms with Crippen molar-refractivity contribution < 1.29 is 22.4 Å². The van der Waals surface area contributed by atoms with E-state index in [2.05, 4.69) is 4.72 Å². The molecule has 0 bridgehead atoms. The molecule has 1 aromatic heterocycles. The zero-order valence-corrected chi connectivity index (χ0v) is 19.8. The largest absolute Gasteiger partial charge is 0.425 e. The number of fused-ring (bicyclic) bond motifs is 3. The minimum atomic E-state index is -3.91. The van der Waals surface area contributed by atoms with Gasteiger partial charge in [0.2, 0.25) is 10.0 Å². The molecule has 1 aliphatic rings. The average molecular weight is 470 g/mol. The second-order valence-electron chi connectivity index (χ2n) is 8.51. The Kier molecular flexibility index (Phi) is 6.41. The van der Waals surface area contributed by atoms with Crippen LogP contribution in [-0.4, -0.2) is 20.4 Å². The van der Waals surface area contributed by atoms with E-state index in [1.807, 2.05) is 13.8 Å². The summed E-state index contributed by atoms with van der Waals surface area (Å²) in [5, 5.41) is 0.611. The van der Waals surface area contributed by atoms with Crippen LogP contribution in [0.5, 0.6) is 5.75 Å². The van der Waals surface area contributed by atoms with Gasteiger partial charge in [-0.2, -0.15) is 4.72 Å². The van der Waals surface area contributed by atoms with Crippen molar-refractivity contribution in [2.24, 2.45) is 0 Å². The first-order chi connectivity index (χ1) is 15.7. The molecule has 0 fully saturated rings. The Balaban J connectivity index is 1.68. The number of hydrogen-bond donors (Lipinski definition) is 1. The lowest BCUT2D eigenvalue weighted by Gasteiger charge is -2.20. The van der Waals surface area contributed by atoms with E-state index in [1.54, 1.807) is 31.2 Å². The van der Waals surface area contributed by atoms with Gasteiger partial charge < -0.3 is 9.15 Å². The van der Waals surface area contributed by atoms with Crippen molar-refractivity contribution in [1.29, 1.82) is 0 Å². The molecule has 3 aromatic rings. The molecule has 2 aromatic carbocycles. The highest BCUT2D eigenvalue weighted by Gasteiger charge is 2.28. The van der Waals surface area contributed by atoms with Crippen LogP contribution >= 0.6 is 0 Å². The average Bonchev–Trinajstić information content (AvgIpc) is 2.77. The molecule has 1 N–H and O–H groups in total. The number of carbonyl (C=O) groups is 1. The Hall–Kier alpha value is -2.97. The molecule has 0 radical (unpaired) electrons. The second kappa shape index (κ2) is 9.11. The lowest BCUT2D eigenvalue weighted by Crippen LogP contribution is -2.42. The number of ether oxygens (including phenoxy) is 1. The number of esters is 1. The van der Waals surface area contributed by atoms with Crippen LogP contribution in [0.2, 0.25) is 0 Å². The van der Waals surface area contributed by atoms with Gasteiger partial charge in [-0.05, 0) is 81.3 Å². The number of carbonyl (C=O) groups excluding carboxylic acids is 1. The van der Waals surface area contributed by atoms with Crippen LogP contribution in [0.4, 0.5) is 0 Å². The molecule has 0 spiro atoms. The highest BCUT2D eigenvalue weighted by molar-refractivity contribution is 7.89. The Labute approximate surface area is 192 Å². The maximum absolute atomic E-state index is 13.1. The maximum atomic E-state index is 13.1. The Morgan fingerprint density at radius 1 is 1.06 bits per heavy atom. The number of nitrogens with one attached hydrogen (secondary N) is 1. The van der Waals surface area contributed by atoms with Crippen molar-refractivity contribution in [2.75, 3.05) is 0 Å². The van der Waals surface area contributed by atoms with Crippen molar-refractivity contribution in [2.45, 2.75) is 63.8 Å². The van der Waals surface area contributed by atoms with Gasteiger partial charge in [0.25, 0.3) is 0 Å². The number of aryl methyl sites for hydroxylation is 3. The van der Waals surface area contributed by atoms with Gasteiger partial charge in [-0.1, -0.05) is 24.6 Å². The van der Waals surface area contributed by atoms with E-state index in [1.165, 1.54) is 12.1 Å². The summed E-state index contributed by atoms with van der Waals surface area (Å²) in [5.41, 5.74) is 3.19. The van der Waals surface area contributed by atoms with Gasteiger partial charge in [-0.3, -0.25) is 0 Å². The Morgan fingerprint density at radius 3 is 2.39 bits per heavy atom. The van der Waals surface area contributed by atoms with Crippen LogP contribution in [0, 0.1) is 13.8 Å². The molecule has 1 atom stereocenters. The smallest absolute Gasteiger partial charge is 0.339 e. The standard InChI is InChI=1S/C25H27NO6S/c1-4-20(26-33(29,30)17-11-9-15(2)10-12-17)25(28)32-22-14-16(3)13-21-23(22)18-7-5-6-8-19(18)24(27)31-21/h9-14,20,26H,4-8H2,1-3H3. The van der Waals surface area contributed by atoms with E-state index in [4.69, 9.17) is 9.15 Å². The van der Waals surface area contributed by atoms with Crippen LogP contribution in [0.25, 0.3) is 11.0 Å². The van der Waals surface area contributed by atoms with Crippen molar-refractivity contribution >= 4 is 27.0 Å². The number of hydrogen-bond acceptors (Lipinski definition) is 6. The zero-order valence-electron chi connectivity index (χ0n) is 18.9. The van der Waals surface area contributed by atoms with Gasteiger partial charge in [-0.15, -0.1) is 0 Å². The Morgan fingerprint density at radius 2 is 1.73 bits per heavy atom. The first-order valence-electron chi connectivity index (χ1n) is 11.1. The minimum absolute atomic E-state index is 0.0798. The van der Waals surface area contributed by atoms with Gasteiger partial charge in [0.05, 0.1) is 10.3 Å². The first-order valence-corrected chi connectivity index (χ1v) is 12.6. The zero-order chi connectivity index (χ0) is 23.8. The molecule has 0 amide bonds. The van der Waals surface area contributed by atoms with Crippen molar-refractivity contribution in [3.8, 4) is 5.75 Å². The molecule has 1 unspecified atom stereocenters. The van der Waals surface area contributed by atoms with Crippen molar-refractivity contribution in [1.82, 2.24) is 4.72 Å². The molecule has 0 aliphatic heterocycles. The maximum Gasteiger partial charge on any atom is 0.339 e. The van der Waals surface area contributed by atoms with Crippen LogP contribution in [0.1, 0.15) is 48.4 Å². The summed E-state index contributed by atoms with van der Waals surface area (Å²) in [6.45, 7) is 5.38. The summed E-state index contributed by atoms with van der Waals surface area (Å²) >= 11 is 0. The summed E-state index contributed by atoms with van der Waals surface area (Å²) in [4.78, 5) is 25.6. The highest BCUT2D eigenvalue weighted by Crippen LogP contribution is 2.34. The summed E-state index contributed by atoms with van der Waals surface area (Å²) in [7, 11) is -3.91. The summed E-state index contributed by atoms with van der Waals surface area (Å²) < 4.78 is 39.3. The number of sulfonamides is 1. The second-order valence-corrected chi connectivity index (χ2v) is 10.2. The van der Waals surface area contributed by atoms with E-state index < -0.39 is 22.0 Å². The van der Waals surface area contributed by atoms with Gasteiger partial charge in [0.15, 0.2) is 0 Å². The van der Waals surface area contributed by atoms with Crippen LogP contribution < -0.4 is 15.1 Å². The van der Waals surface area contributed by atoms with Gasteiger partial charge >= 0.3 is 11.6 Å². The first kappa shape index (κ1) is 23.2. The molecule has 8 heteroatoms. The molecular formula is C25H27NO6S. The minimum Gasteiger partial charge on any atom is -0.425 e. The summed E-state index contributed by atoms with van der Waals surface area (Å²) in [6.07, 6.45) is 3.37. The van der Waals surface area contributed by atoms with Gasteiger partial charge in [0, 0.05) is 5.56 Å². The third kappa shape index (κ3) is 4.72. The fourth-order valence-corrected chi connectivity index (χ4v) is 5.47.